The third-order valence-corrected chi connectivity index (χ3v) is 1.67. The van der Waals surface area contributed by atoms with Crippen LogP contribution in [0.1, 0.15) is 0 Å². The third-order valence-electron chi connectivity index (χ3n) is 1.67. The van der Waals surface area contributed by atoms with Crippen molar-refractivity contribution in [2.75, 3.05) is 18.5 Å². The SMILES string of the molecule is CN(CC(=O)O)c1ccccc1O.[NaH]. The van der Waals surface area contributed by atoms with Crippen LogP contribution in [0.5, 0.6) is 5.75 Å². The molecule has 0 aliphatic rings. The molecule has 4 nitrogen and oxygen atoms in total. The number of rotatable bonds is 3. The summed E-state index contributed by atoms with van der Waals surface area (Å²) in [6.45, 7) is -0.127. The van der Waals surface area contributed by atoms with E-state index in [2.05, 4.69) is 0 Å². The second kappa shape index (κ2) is 5.90. The first-order valence-electron chi connectivity index (χ1n) is 3.82. The van der Waals surface area contributed by atoms with Gasteiger partial charge in [0.05, 0.1) is 5.69 Å². The number of hydrogen-bond donors (Lipinski definition) is 2. The van der Waals surface area contributed by atoms with Crippen molar-refractivity contribution in [3.8, 4) is 5.75 Å². The van der Waals surface area contributed by atoms with Crippen LogP contribution in [0, 0.1) is 0 Å². The Morgan fingerprint density at radius 3 is 2.50 bits per heavy atom. The summed E-state index contributed by atoms with van der Waals surface area (Å²) >= 11 is 0. The average molecular weight is 205 g/mol. The molecule has 0 spiro atoms. The zero-order chi connectivity index (χ0) is 9.84. The number of aliphatic carboxylic acids is 1. The van der Waals surface area contributed by atoms with Crippen LogP contribution in [0.15, 0.2) is 24.3 Å². The first kappa shape index (κ1) is 13.3. The Morgan fingerprint density at radius 1 is 1.43 bits per heavy atom. The summed E-state index contributed by atoms with van der Waals surface area (Å²) in [5, 5.41) is 17.9. The normalized spacial score (nSPS) is 8.93. The number of phenolic OH excluding ortho intramolecular Hbond substituents is 1. The van der Waals surface area contributed by atoms with Gasteiger partial charge in [0.1, 0.15) is 12.3 Å². The van der Waals surface area contributed by atoms with E-state index in [1.54, 1.807) is 25.2 Å². The van der Waals surface area contributed by atoms with Gasteiger partial charge in [0.2, 0.25) is 0 Å². The number of phenols is 1. The maximum absolute atomic E-state index is 10.4. The number of nitrogens with zero attached hydrogens (tertiary/aromatic N) is 1. The Labute approximate surface area is 104 Å². The molecule has 72 valence electrons. The summed E-state index contributed by atoms with van der Waals surface area (Å²) in [7, 11) is 1.61. The molecule has 0 saturated heterocycles. The van der Waals surface area contributed by atoms with Gasteiger partial charge in [-0.25, -0.2) is 0 Å². The zero-order valence-corrected chi connectivity index (χ0v) is 7.27. The van der Waals surface area contributed by atoms with Crippen molar-refractivity contribution in [3.63, 3.8) is 0 Å². The van der Waals surface area contributed by atoms with Crippen molar-refractivity contribution in [1.82, 2.24) is 0 Å². The minimum atomic E-state index is -0.925. The minimum absolute atomic E-state index is 0. The van der Waals surface area contributed by atoms with E-state index in [4.69, 9.17) is 5.11 Å². The number of carboxylic acid groups (broad SMARTS) is 1. The molecule has 0 heterocycles. The second-order valence-electron chi connectivity index (χ2n) is 2.74. The van der Waals surface area contributed by atoms with Crippen LogP contribution in [0.25, 0.3) is 0 Å². The summed E-state index contributed by atoms with van der Waals surface area (Å²) in [6.07, 6.45) is 0. The molecular formula is C9H12NNaO3. The number of para-hydroxylation sites is 2. The van der Waals surface area contributed by atoms with Gasteiger partial charge in [-0.15, -0.1) is 0 Å². The molecule has 2 N–H and O–H groups in total. The van der Waals surface area contributed by atoms with Crippen molar-refractivity contribution in [1.29, 1.82) is 0 Å². The Kier molecular flexibility index (Phi) is 5.60. The first-order valence-corrected chi connectivity index (χ1v) is 3.82. The number of carbonyl (C=O) groups is 1. The Bertz CT molecular complexity index is 317. The molecule has 1 aromatic rings. The van der Waals surface area contributed by atoms with Crippen LogP contribution in [-0.2, 0) is 4.79 Å². The molecule has 0 atom stereocenters. The third kappa shape index (κ3) is 3.57. The summed E-state index contributed by atoms with van der Waals surface area (Å²) in [5.41, 5.74) is 0.518. The Hall–Kier alpha value is -0.710. The second-order valence-corrected chi connectivity index (χ2v) is 2.74. The quantitative estimate of drug-likeness (QED) is 0.695. The number of aromatic hydroxyl groups is 1. The van der Waals surface area contributed by atoms with Crippen LogP contribution in [0.2, 0.25) is 0 Å². The van der Waals surface area contributed by atoms with Gasteiger partial charge in [-0.1, -0.05) is 12.1 Å². The van der Waals surface area contributed by atoms with Gasteiger partial charge in [0.15, 0.2) is 0 Å². The summed E-state index contributed by atoms with van der Waals surface area (Å²) < 4.78 is 0. The van der Waals surface area contributed by atoms with Gasteiger partial charge >= 0.3 is 35.5 Å². The number of likely N-dealkylation sites (N-methyl/N-ethyl adjacent to an activating group) is 1. The Balaban J connectivity index is 0.00000169. The van der Waals surface area contributed by atoms with Crippen molar-refractivity contribution in [3.05, 3.63) is 24.3 Å². The average Bonchev–Trinajstić information content (AvgIpc) is 2.03. The molecule has 0 aliphatic carbocycles. The fraction of sp³-hybridized carbons (Fsp3) is 0.222. The molecule has 0 unspecified atom stereocenters. The van der Waals surface area contributed by atoms with Gasteiger partial charge in [-0.05, 0) is 12.1 Å². The van der Waals surface area contributed by atoms with E-state index in [0.29, 0.717) is 5.69 Å². The van der Waals surface area contributed by atoms with Crippen molar-refractivity contribution >= 4 is 41.2 Å². The van der Waals surface area contributed by atoms with E-state index in [-0.39, 0.29) is 41.9 Å². The fourth-order valence-corrected chi connectivity index (χ4v) is 1.08. The summed E-state index contributed by atoms with van der Waals surface area (Å²) in [4.78, 5) is 11.8. The van der Waals surface area contributed by atoms with Gasteiger partial charge in [0.25, 0.3) is 0 Å². The first-order chi connectivity index (χ1) is 6.11. The van der Waals surface area contributed by atoms with Crippen LogP contribution >= 0.6 is 0 Å². The summed E-state index contributed by atoms with van der Waals surface area (Å²) in [5.74, 6) is -0.836. The predicted molar refractivity (Wildman–Crippen MR) is 56.2 cm³/mol. The van der Waals surface area contributed by atoms with E-state index in [1.807, 2.05) is 0 Å². The maximum atomic E-state index is 10.4. The topological polar surface area (TPSA) is 60.8 Å². The van der Waals surface area contributed by atoms with Crippen LogP contribution in [0.4, 0.5) is 5.69 Å². The van der Waals surface area contributed by atoms with Gasteiger partial charge in [0, 0.05) is 7.05 Å². The van der Waals surface area contributed by atoms with E-state index >= 15 is 0 Å². The van der Waals surface area contributed by atoms with E-state index in [9.17, 15) is 9.90 Å². The number of carboxylic acids is 1. The van der Waals surface area contributed by atoms with E-state index < -0.39 is 5.97 Å². The van der Waals surface area contributed by atoms with Crippen LogP contribution < -0.4 is 4.90 Å². The molecule has 1 aromatic carbocycles. The van der Waals surface area contributed by atoms with Crippen LogP contribution in [0.3, 0.4) is 0 Å². The molecule has 0 saturated carbocycles. The van der Waals surface area contributed by atoms with E-state index in [1.165, 1.54) is 11.0 Å². The Morgan fingerprint density at radius 2 is 2.00 bits per heavy atom. The predicted octanol–water partition coefficient (Wildman–Crippen LogP) is 0.265. The van der Waals surface area contributed by atoms with Crippen molar-refractivity contribution < 1.29 is 15.0 Å². The molecule has 0 fully saturated rings. The molecule has 5 heteroatoms. The number of benzene rings is 1. The molecule has 0 amide bonds. The number of anilines is 1. The zero-order valence-electron chi connectivity index (χ0n) is 7.27. The molecule has 0 radical (unpaired) electrons. The van der Waals surface area contributed by atoms with Crippen molar-refractivity contribution in [2.45, 2.75) is 0 Å². The van der Waals surface area contributed by atoms with E-state index in [0.717, 1.165) is 0 Å². The molecule has 14 heavy (non-hydrogen) atoms. The van der Waals surface area contributed by atoms with Crippen LogP contribution in [-0.4, -0.2) is 59.3 Å². The molecule has 0 aliphatic heterocycles. The molecular weight excluding hydrogens is 193 g/mol. The van der Waals surface area contributed by atoms with Gasteiger partial charge in [-0.2, -0.15) is 0 Å². The van der Waals surface area contributed by atoms with Gasteiger partial charge < -0.3 is 15.1 Å². The monoisotopic (exact) mass is 205 g/mol. The molecule has 0 bridgehead atoms. The molecule has 0 aromatic heterocycles. The van der Waals surface area contributed by atoms with Crippen molar-refractivity contribution in [2.24, 2.45) is 0 Å². The standard InChI is InChI=1S/C9H11NO3.Na.H/c1-10(6-9(12)13)7-4-2-3-5-8(7)11;;/h2-5,11H,6H2,1H3,(H,12,13);;. The molecule has 1 rings (SSSR count). The van der Waals surface area contributed by atoms with Gasteiger partial charge in [-0.3, -0.25) is 4.79 Å². The number of hydrogen-bond acceptors (Lipinski definition) is 3. The summed E-state index contributed by atoms with van der Waals surface area (Å²) in [6, 6.07) is 6.62. The fourth-order valence-electron chi connectivity index (χ4n) is 1.08.